The number of carbonyl (C=O) groups excluding carboxylic acids is 1. The van der Waals surface area contributed by atoms with E-state index in [1.54, 1.807) is 12.1 Å². The van der Waals surface area contributed by atoms with Gasteiger partial charge in [0.25, 0.3) is 5.91 Å². The fraction of sp³-hybridized carbons (Fsp3) is 0.429. The third kappa shape index (κ3) is 4.15. The van der Waals surface area contributed by atoms with E-state index in [1.807, 2.05) is 13.8 Å². The number of para-hydroxylation sites is 1. The summed E-state index contributed by atoms with van der Waals surface area (Å²) in [6.45, 7) is 3.57. The summed E-state index contributed by atoms with van der Waals surface area (Å²) in [5.41, 5.74) is -0.0410. The number of carbonyl (C=O) groups is 2. The summed E-state index contributed by atoms with van der Waals surface area (Å²) in [7, 11) is 1.41. The van der Waals surface area contributed by atoms with Crippen LogP contribution in [0.1, 0.15) is 30.6 Å². The highest BCUT2D eigenvalue weighted by atomic mass is 16.5. The van der Waals surface area contributed by atoms with Gasteiger partial charge in [-0.1, -0.05) is 13.0 Å². The van der Waals surface area contributed by atoms with Crippen molar-refractivity contribution in [1.29, 1.82) is 0 Å². The standard InChI is InChI=1S/C14H19NO5/c1-4-9(2)15-12(16)8-20-13-10(14(17)18)6-5-7-11(13)19-3/h5-7,9H,4,8H2,1-3H3,(H,15,16)(H,17,18). The Kier molecular flexibility index (Phi) is 5.83. The lowest BCUT2D eigenvalue weighted by Crippen LogP contribution is -2.35. The molecule has 0 radical (unpaired) electrons. The number of carboxylic acids is 1. The van der Waals surface area contributed by atoms with Crippen LogP contribution in [-0.2, 0) is 4.79 Å². The molecule has 1 atom stereocenters. The Labute approximate surface area is 117 Å². The lowest BCUT2D eigenvalue weighted by atomic mass is 10.2. The number of carboxylic acid groups (broad SMARTS) is 1. The first kappa shape index (κ1) is 15.8. The van der Waals surface area contributed by atoms with Crippen molar-refractivity contribution < 1.29 is 24.2 Å². The second-order valence-corrected chi connectivity index (χ2v) is 4.31. The van der Waals surface area contributed by atoms with E-state index in [-0.39, 0.29) is 35.6 Å². The molecule has 0 aliphatic heterocycles. The molecule has 0 saturated carbocycles. The molecule has 6 nitrogen and oxygen atoms in total. The highest BCUT2D eigenvalue weighted by Crippen LogP contribution is 2.30. The number of ether oxygens (including phenoxy) is 2. The highest BCUT2D eigenvalue weighted by molar-refractivity contribution is 5.92. The smallest absolute Gasteiger partial charge is 0.339 e. The first-order valence-electron chi connectivity index (χ1n) is 6.32. The van der Waals surface area contributed by atoms with E-state index in [0.717, 1.165) is 6.42 Å². The molecule has 0 aliphatic carbocycles. The van der Waals surface area contributed by atoms with E-state index in [4.69, 9.17) is 14.6 Å². The van der Waals surface area contributed by atoms with Crippen molar-refractivity contribution in [3.8, 4) is 11.5 Å². The molecular formula is C14H19NO5. The maximum absolute atomic E-state index is 11.6. The van der Waals surface area contributed by atoms with Gasteiger partial charge in [-0.25, -0.2) is 4.79 Å². The lowest BCUT2D eigenvalue weighted by molar-refractivity contribution is -0.123. The summed E-state index contributed by atoms with van der Waals surface area (Å²) in [4.78, 5) is 22.8. The molecule has 1 aromatic carbocycles. The van der Waals surface area contributed by atoms with E-state index in [2.05, 4.69) is 5.32 Å². The minimum Gasteiger partial charge on any atom is -0.493 e. The largest absolute Gasteiger partial charge is 0.493 e. The molecule has 1 unspecified atom stereocenters. The molecule has 0 aromatic heterocycles. The number of nitrogens with one attached hydrogen (secondary N) is 1. The van der Waals surface area contributed by atoms with Crippen molar-refractivity contribution in [2.45, 2.75) is 26.3 Å². The highest BCUT2D eigenvalue weighted by Gasteiger charge is 2.17. The second-order valence-electron chi connectivity index (χ2n) is 4.31. The van der Waals surface area contributed by atoms with Gasteiger partial charge in [0.15, 0.2) is 18.1 Å². The molecule has 1 amide bonds. The zero-order valence-electron chi connectivity index (χ0n) is 11.8. The Morgan fingerprint density at radius 2 is 2.10 bits per heavy atom. The Morgan fingerprint density at radius 3 is 2.65 bits per heavy atom. The van der Waals surface area contributed by atoms with Gasteiger partial charge in [0.1, 0.15) is 5.56 Å². The van der Waals surface area contributed by atoms with Crippen molar-refractivity contribution in [3.05, 3.63) is 23.8 Å². The van der Waals surface area contributed by atoms with Crippen LogP contribution in [0.15, 0.2) is 18.2 Å². The first-order valence-corrected chi connectivity index (χ1v) is 6.32. The van der Waals surface area contributed by atoms with Crippen LogP contribution in [0, 0.1) is 0 Å². The van der Waals surface area contributed by atoms with Crippen LogP contribution in [0.3, 0.4) is 0 Å². The minimum absolute atomic E-state index is 0.0410. The van der Waals surface area contributed by atoms with Gasteiger partial charge in [0.2, 0.25) is 0 Å². The fourth-order valence-corrected chi connectivity index (χ4v) is 1.55. The molecule has 1 aromatic rings. The molecule has 2 N–H and O–H groups in total. The zero-order valence-corrected chi connectivity index (χ0v) is 11.8. The topological polar surface area (TPSA) is 84.9 Å². The van der Waals surface area contributed by atoms with Crippen LogP contribution >= 0.6 is 0 Å². The summed E-state index contributed by atoms with van der Waals surface area (Å²) in [5.74, 6) is -1.11. The van der Waals surface area contributed by atoms with Crippen molar-refractivity contribution in [3.63, 3.8) is 0 Å². The van der Waals surface area contributed by atoms with E-state index < -0.39 is 5.97 Å². The molecule has 0 spiro atoms. The van der Waals surface area contributed by atoms with Crippen LogP contribution in [0.2, 0.25) is 0 Å². The zero-order chi connectivity index (χ0) is 15.1. The number of hydrogen-bond donors (Lipinski definition) is 2. The van der Waals surface area contributed by atoms with Crippen LogP contribution in [-0.4, -0.2) is 36.7 Å². The quantitative estimate of drug-likeness (QED) is 0.794. The average Bonchev–Trinajstić information content (AvgIpc) is 2.44. The normalized spacial score (nSPS) is 11.6. The SMILES string of the molecule is CCC(C)NC(=O)COc1c(OC)cccc1C(=O)O. The van der Waals surface area contributed by atoms with E-state index in [9.17, 15) is 9.59 Å². The Balaban J connectivity index is 2.81. The number of hydrogen-bond acceptors (Lipinski definition) is 4. The van der Waals surface area contributed by atoms with Crippen molar-refractivity contribution in [2.24, 2.45) is 0 Å². The van der Waals surface area contributed by atoms with Gasteiger partial charge >= 0.3 is 5.97 Å². The van der Waals surface area contributed by atoms with Gasteiger partial charge in [-0.3, -0.25) is 4.79 Å². The van der Waals surface area contributed by atoms with Crippen LogP contribution < -0.4 is 14.8 Å². The number of methoxy groups -OCH3 is 1. The van der Waals surface area contributed by atoms with E-state index >= 15 is 0 Å². The van der Waals surface area contributed by atoms with E-state index in [0.29, 0.717) is 0 Å². The first-order chi connectivity index (χ1) is 9.49. The third-order valence-corrected chi connectivity index (χ3v) is 2.80. The van der Waals surface area contributed by atoms with Gasteiger partial charge in [0.05, 0.1) is 7.11 Å². The molecule has 1 rings (SSSR count). The van der Waals surface area contributed by atoms with Gasteiger partial charge in [-0.05, 0) is 25.5 Å². The molecule has 0 fully saturated rings. The summed E-state index contributed by atoms with van der Waals surface area (Å²) in [6.07, 6.45) is 0.806. The monoisotopic (exact) mass is 281 g/mol. The molecule has 110 valence electrons. The van der Waals surface area contributed by atoms with Crippen molar-refractivity contribution in [2.75, 3.05) is 13.7 Å². The minimum atomic E-state index is -1.14. The van der Waals surface area contributed by atoms with E-state index in [1.165, 1.54) is 13.2 Å². The Morgan fingerprint density at radius 1 is 1.40 bits per heavy atom. The van der Waals surface area contributed by atoms with Crippen molar-refractivity contribution in [1.82, 2.24) is 5.32 Å². The van der Waals surface area contributed by atoms with Gasteiger partial charge < -0.3 is 19.9 Å². The van der Waals surface area contributed by atoms with Gasteiger partial charge in [-0.2, -0.15) is 0 Å². The molecule has 0 aliphatic rings. The molecule has 0 bridgehead atoms. The second kappa shape index (κ2) is 7.37. The van der Waals surface area contributed by atoms with Crippen molar-refractivity contribution >= 4 is 11.9 Å². The van der Waals surface area contributed by atoms with Gasteiger partial charge in [-0.15, -0.1) is 0 Å². The van der Waals surface area contributed by atoms with Crippen LogP contribution in [0.4, 0.5) is 0 Å². The van der Waals surface area contributed by atoms with Gasteiger partial charge in [0, 0.05) is 6.04 Å². The Bertz CT molecular complexity index is 486. The number of rotatable bonds is 7. The third-order valence-electron chi connectivity index (χ3n) is 2.80. The average molecular weight is 281 g/mol. The maximum Gasteiger partial charge on any atom is 0.339 e. The number of benzene rings is 1. The number of amides is 1. The summed E-state index contributed by atoms with van der Waals surface area (Å²) in [5, 5.41) is 11.8. The summed E-state index contributed by atoms with van der Waals surface area (Å²) >= 11 is 0. The molecule has 6 heteroatoms. The summed E-state index contributed by atoms with van der Waals surface area (Å²) in [6, 6.07) is 4.57. The van der Waals surface area contributed by atoms with Crippen LogP contribution in [0.5, 0.6) is 11.5 Å². The molecule has 0 saturated heterocycles. The predicted octanol–water partition coefficient (Wildman–Crippen LogP) is 1.69. The fourth-order valence-electron chi connectivity index (χ4n) is 1.55. The molecular weight excluding hydrogens is 262 g/mol. The lowest BCUT2D eigenvalue weighted by Gasteiger charge is -2.15. The molecule has 20 heavy (non-hydrogen) atoms. The Hall–Kier alpha value is -2.24. The summed E-state index contributed by atoms with van der Waals surface area (Å²) < 4.78 is 10.4. The predicted molar refractivity (Wildman–Crippen MR) is 73.3 cm³/mol. The number of aromatic carboxylic acids is 1. The maximum atomic E-state index is 11.6. The van der Waals surface area contributed by atoms with Crippen LogP contribution in [0.25, 0.3) is 0 Å². The molecule has 0 heterocycles.